The Morgan fingerprint density at radius 1 is 1.08 bits per heavy atom. The number of hydrogen-bond acceptors (Lipinski definition) is 9. The second-order valence-corrected chi connectivity index (χ2v) is 7.68. The first-order valence-electron chi connectivity index (χ1n) is 11.0. The van der Waals surface area contributed by atoms with Gasteiger partial charge >= 0.3 is 0 Å². The van der Waals surface area contributed by atoms with E-state index < -0.39 is 5.91 Å². The zero-order valence-electron chi connectivity index (χ0n) is 19.4. The number of aromatic nitrogens is 4. The number of phenolic OH excluding ortho intramolecular Hbond substituents is 1. The molecule has 1 amide bonds. The van der Waals surface area contributed by atoms with Crippen molar-refractivity contribution in [2.75, 3.05) is 12.4 Å². The van der Waals surface area contributed by atoms with Crippen LogP contribution >= 0.6 is 0 Å². The van der Waals surface area contributed by atoms with Crippen LogP contribution in [0.3, 0.4) is 0 Å². The highest BCUT2D eigenvalue weighted by Crippen LogP contribution is 2.41. The molecule has 0 atom stereocenters. The third-order valence-corrected chi connectivity index (χ3v) is 5.42. The number of benzene rings is 3. The van der Waals surface area contributed by atoms with E-state index in [1.807, 2.05) is 12.1 Å². The standard InChI is InChI=1S/C26H18N8O3/c1-37-19-8-9-20-16(12-19)13-21(25(36)31-18-6-3-2-4-7-18)23(35)22(20)32-33-24-17(14-27)15-30-34(24)26-28-10-5-11-29-26/h2-13,15,35H,1H3,(H,31,36)/b33-32+. The second-order valence-electron chi connectivity index (χ2n) is 7.68. The van der Waals surface area contributed by atoms with Gasteiger partial charge in [-0.2, -0.15) is 15.0 Å². The van der Waals surface area contributed by atoms with E-state index in [1.54, 1.807) is 54.6 Å². The SMILES string of the molecule is COc1ccc2c(/N=N/c3c(C#N)cnn3-c3ncccn3)c(O)c(C(=O)Nc3ccccc3)cc2c1. The molecule has 0 unspecified atom stereocenters. The van der Waals surface area contributed by atoms with Gasteiger partial charge in [-0.3, -0.25) is 4.79 Å². The molecular weight excluding hydrogens is 472 g/mol. The minimum absolute atomic E-state index is 0.0148. The van der Waals surface area contributed by atoms with Crippen molar-refractivity contribution in [3.05, 3.63) is 90.4 Å². The zero-order valence-corrected chi connectivity index (χ0v) is 19.4. The molecule has 180 valence electrons. The molecule has 37 heavy (non-hydrogen) atoms. The first kappa shape index (κ1) is 23.1. The topological polar surface area (TPSA) is 151 Å². The van der Waals surface area contributed by atoms with Crippen LogP contribution in [-0.4, -0.2) is 37.9 Å². The van der Waals surface area contributed by atoms with Gasteiger partial charge in [0.2, 0.25) is 0 Å². The Morgan fingerprint density at radius 3 is 2.59 bits per heavy atom. The van der Waals surface area contributed by atoms with Gasteiger partial charge in [0.1, 0.15) is 23.1 Å². The van der Waals surface area contributed by atoms with Crippen LogP contribution < -0.4 is 10.1 Å². The Hall–Kier alpha value is -5.63. The van der Waals surface area contributed by atoms with E-state index in [-0.39, 0.29) is 34.3 Å². The fourth-order valence-electron chi connectivity index (χ4n) is 3.64. The largest absolute Gasteiger partial charge is 0.505 e. The summed E-state index contributed by atoms with van der Waals surface area (Å²) in [5.41, 5.74) is 0.703. The Labute approximate surface area is 210 Å². The predicted molar refractivity (Wildman–Crippen MR) is 135 cm³/mol. The molecule has 0 spiro atoms. The van der Waals surface area contributed by atoms with Crippen molar-refractivity contribution in [2.24, 2.45) is 10.2 Å². The molecule has 0 bridgehead atoms. The summed E-state index contributed by atoms with van der Waals surface area (Å²) in [6.07, 6.45) is 4.37. The molecule has 3 aromatic carbocycles. The number of carbonyl (C=O) groups is 1. The van der Waals surface area contributed by atoms with Gasteiger partial charge in [-0.15, -0.1) is 10.2 Å². The van der Waals surface area contributed by atoms with Gasteiger partial charge in [0, 0.05) is 23.5 Å². The summed E-state index contributed by atoms with van der Waals surface area (Å²) in [6.45, 7) is 0. The summed E-state index contributed by atoms with van der Waals surface area (Å²) in [5, 5.41) is 37.2. The first-order chi connectivity index (χ1) is 18.1. The van der Waals surface area contributed by atoms with Crippen LogP contribution in [0, 0.1) is 11.3 Å². The number of amides is 1. The Morgan fingerprint density at radius 2 is 1.86 bits per heavy atom. The number of fused-ring (bicyclic) bond motifs is 1. The molecule has 0 saturated heterocycles. The van der Waals surface area contributed by atoms with Crippen molar-refractivity contribution in [3.8, 4) is 23.5 Å². The number of anilines is 1. The number of nitrogens with zero attached hydrogens (tertiary/aromatic N) is 7. The molecule has 0 aliphatic rings. The van der Waals surface area contributed by atoms with Crippen LogP contribution in [0.1, 0.15) is 15.9 Å². The Kier molecular flexibility index (Phi) is 6.21. The smallest absolute Gasteiger partial charge is 0.259 e. The van der Waals surface area contributed by atoms with Crippen LogP contribution in [0.25, 0.3) is 16.7 Å². The number of aromatic hydroxyl groups is 1. The van der Waals surface area contributed by atoms with Gasteiger partial charge in [-0.25, -0.2) is 9.97 Å². The summed E-state index contributed by atoms with van der Waals surface area (Å²) in [6, 6.07) is 19.2. The third kappa shape index (κ3) is 4.54. The third-order valence-electron chi connectivity index (χ3n) is 5.42. The number of phenols is 1. The van der Waals surface area contributed by atoms with Crippen LogP contribution in [0.5, 0.6) is 11.5 Å². The molecule has 0 saturated carbocycles. The molecule has 5 rings (SSSR count). The van der Waals surface area contributed by atoms with Crippen LogP contribution in [0.2, 0.25) is 0 Å². The van der Waals surface area contributed by atoms with E-state index in [4.69, 9.17) is 4.74 Å². The monoisotopic (exact) mass is 490 g/mol. The molecule has 2 heterocycles. The number of para-hydroxylation sites is 1. The average molecular weight is 490 g/mol. The highest BCUT2D eigenvalue weighted by Gasteiger charge is 2.20. The number of nitriles is 1. The van der Waals surface area contributed by atoms with Crippen molar-refractivity contribution in [1.29, 1.82) is 5.26 Å². The molecule has 0 aliphatic heterocycles. The summed E-state index contributed by atoms with van der Waals surface area (Å²) in [7, 11) is 1.53. The number of carbonyl (C=O) groups excluding carboxylic acids is 1. The molecule has 11 heteroatoms. The summed E-state index contributed by atoms with van der Waals surface area (Å²) < 4.78 is 6.58. The molecule has 11 nitrogen and oxygen atoms in total. The molecule has 0 fully saturated rings. The summed E-state index contributed by atoms with van der Waals surface area (Å²) >= 11 is 0. The number of azo groups is 1. The zero-order chi connectivity index (χ0) is 25.8. The van der Waals surface area contributed by atoms with Crippen molar-refractivity contribution >= 4 is 33.9 Å². The molecule has 2 N–H and O–H groups in total. The second kappa shape index (κ2) is 9.93. The van der Waals surface area contributed by atoms with Crippen LogP contribution in [0.15, 0.2) is 89.5 Å². The maximum atomic E-state index is 13.1. The van der Waals surface area contributed by atoms with Gasteiger partial charge in [0.15, 0.2) is 11.6 Å². The normalized spacial score (nSPS) is 10.9. The number of hydrogen-bond donors (Lipinski definition) is 2. The summed E-state index contributed by atoms with van der Waals surface area (Å²) in [5.74, 6) is -0.107. The number of methoxy groups -OCH3 is 1. The predicted octanol–water partition coefficient (Wildman–Crippen LogP) is 5.07. The fraction of sp³-hybridized carbons (Fsp3) is 0.0385. The number of nitrogens with one attached hydrogen (secondary N) is 1. The van der Waals surface area contributed by atoms with E-state index in [2.05, 4.69) is 30.6 Å². The summed E-state index contributed by atoms with van der Waals surface area (Å²) in [4.78, 5) is 21.4. The molecule has 0 radical (unpaired) electrons. The molecule has 2 aromatic heterocycles. The Bertz CT molecular complexity index is 1680. The minimum atomic E-state index is -0.537. The Balaban J connectivity index is 1.64. The van der Waals surface area contributed by atoms with Crippen molar-refractivity contribution in [2.45, 2.75) is 0 Å². The molecule has 0 aliphatic carbocycles. The lowest BCUT2D eigenvalue weighted by Crippen LogP contribution is -2.12. The lowest BCUT2D eigenvalue weighted by Gasteiger charge is -2.12. The van der Waals surface area contributed by atoms with Gasteiger partial charge in [-0.05, 0) is 47.9 Å². The van der Waals surface area contributed by atoms with E-state index in [0.717, 1.165) is 0 Å². The van der Waals surface area contributed by atoms with Crippen LogP contribution in [-0.2, 0) is 0 Å². The van der Waals surface area contributed by atoms with E-state index >= 15 is 0 Å². The maximum Gasteiger partial charge on any atom is 0.259 e. The van der Waals surface area contributed by atoms with Crippen molar-refractivity contribution in [3.63, 3.8) is 0 Å². The fourth-order valence-corrected chi connectivity index (χ4v) is 3.64. The van der Waals surface area contributed by atoms with E-state index in [0.29, 0.717) is 22.2 Å². The number of rotatable bonds is 6. The van der Waals surface area contributed by atoms with Gasteiger partial charge in [0.25, 0.3) is 11.9 Å². The minimum Gasteiger partial charge on any atom is -0.505 e. The first-order valence-corrected chi connectivity index (χ1v) is 11.0. The average Bonchev–Trinajstić information content (AvgIpc) is 3.36. The molecular formula is C26H18N8O3. The number of ether oxygens (including phenoxy) is 1. The van der Waals surface area contributed by atoms with Crippen molar-refractivity contribution in [1.82, 2.24) is 19.7 Å². The quantitative estimate of drug-likeness (QED) is 0.315. The highest BCUT2D eigenvalue weighted by atomic mass is 16.5. The van der Waals surface area contributed by atoms with E-state index in [9.17, 15) is 15.2 Å². The molecule has 5 aromatic rings. The van der Waals surface area contributed by atoms with Gasteiger partial charge in [-0.1, -0.05) is 18.2 Å². The maximum absolute atomic E-state index is 13.1. The van der Waals surface area contributed by atoms with Gasteiger partial charge in [0.05, 0.1) is 18.9 Å². The lowest BCUT2D eigenvalue weighted by molar-refractivity contribution is 0.102. The van der Waals surface area contributed by atoms with Gasteiger partial charge < -0.3 is 15.2 Å². The highest BCUT2D eigenvalue weighted by molar-refractivity contribution is 6.11. The lowest BCUT2D eigenvalue weighted by atomic mass is 10.0. The van der Waals surface area contributed by atoms with E-state index in [1.165, 1.54) is 30.4 Å². The van der Waals surface area contributed by atoms with Crippen molar-refractivity contribution < 1.29 is 14.6 Å². The van der Waals surface area contributed by atoms with Crippen LogP contribution in [0.4, 0.5) is 17.2 Å².